The molecule has 0 saturated carbocycles. The normalized spacial score (nSPS) is 11.4. The number of rotatable bonds is 5. The molecule has 142 valence electrons. The first-order valence-electron chi connectivity index (χ1n) is 9.66. The first kappa shape index (κ1) is 18.6. The zero-order valence-electron chi connectivity index (χ0n) is 16.3. The Morgan fingerprint density at radius 3 is 2.21 bits per heavy atom. The van der Waals surface area contributed by atoms with Crippen LogP contribution in [0.15, 0.2) is 102 Å². The van der Waals surface area contributed by atoms with Crippen molar-refractivity contribution < 1.29 is 4.79 Å². The highest BCUT2D eigenvalue weighted by Crippen LogP contribution is 2.20. The Kier molecular flexibility index (Phi) is 5.48. The lowest BCUT2D eigenvalue weighted by Gasteiger charge is -2.07. The molecule has 0 bridgehead atoms. The molecule has 0 radical (unpaired) electrons. The van der Waals surface area contributed by atoms with E-state index < -0.39 is 0 Å². The van der Waals surface area contributed by atoms with Crippen LogP contribution >= 0.6 is 0 Å². The molecule has 3 nitrogen and oxygen atoms in total. The van der Waals surface area contributed by atoms with Gasteiger partial charge in [0.15, 0.2) is 0 Å². The Morgan fingerprint density at radius 1 is 0.759 bits per heavy atom. The number of hydrogen-bond acceptors (Lipinski definition) is 2. The molecule has 0 fully saturated rings. The van der Waals surface area contributed by atoms with Gasteiger partial charge in [-0.1, -0.05) is 97.1 Å². The van der Waals surface area contributed by atoms with Crippen LogP contribution in [0.1, 0.15) is 18.1 Å². The van der Waals surface area contributed by atoms with E-state index in [1.807, 2.05) is 67.6 Å². The molecule has 0 unspecified atom stereocenters. The first-order valence-corrected chi connectivity index (χ1v) is 9.66. The third-order valence-corrected chi connectivity index (χ3v) is 4.99. The fraction of sp³-hybridized carbons (Fsp3) is 0.0769. The van der Waals surface area contributed by atoms with Crippen LogP contribution in [0.3, 0.4) is 0 Å². The molecule has 3 heteroatoms. The summed E-state index contributed by atoms with van der Waals surface area (Å²) >= 11 is 0. The number of amides is 1. The van der Waals surface area contributed by atoms with Crippen molar-refractivity contribution in [2.45, 2.75) is 13.3 Å². The molecule has 4 rings (SSSR count). The molecule has 4 aromatic rings. The van der Waals surface area contributed by atoms with Crippen molar-refractivity contribution >= 4 is 22.4 Å². The Hall–Kier alpha value is -3.72. The number of nitrogens with one attached hydrogen (secondary N) is 1. The Balaban J connectivity index is 1.43. The summed E-state index contributed by atoms with van der Waals surface area (Å²) in [7, 11) is 0. The number of benzene rings is 4. The zero-order chi connectivity index (χ0) is 20.1. The Bertz CT molecular complexity index is 1160. The standard InChI is InChI=1S/C26H22N2O/c1-19(20-14-16-22(17-15-20)21-8-3-2-4-9-21)27-28-26(29)18-24-12-7-11-23-10-5-6-13-25(23)24/h2-17H,18H2,1H3,(H,28,29). The number of hydrazone groups is 1. The van der Waals surface area contributed by atoms with Crippen molar-refractivity contribution in [1.82, 2.24) is 5.43 Å². The molecule has 0 aliphatic rings. The molecule has 1 amide bonds. The zero-order valence-corrected chi connectivity index (χ0v) is 16.3. The molecule has 1 N–H and O–H groups in total. The topological polar surface area (TPSA) is 41.5 Å². The average Bonchev–Trinajstić information content (AvgIpc) is 2.78. The van der Waals surface area contributed by atoms with E-state index in [0.29, 0.717) is 6.42 Å². The van der Waals surface area contributed by atoms with Crippen LogP contribution in [0.5, 0.6) is 0 Å². The summed E-state index contributed by atoms with van der Waals surface area (Å²) in [5, 5.41) is 6.52. The second-order valence-corrected chi connectivity index (χ2v) is 6.99. The van der Waals surface area contributed by atoms with Gasteiger partial charge in [-0.3, -0.25) is 4.79 Å². The lowest BCUT2D eigenvalue weighted by molar-refractivity contribution is -0.120. The Labute approximate surface area is 170 Å². The van der Waals surface area contributed by atoms with Crippen LogP contribution in [0.25, 0.3) is 21.9 Å². The number of carbonyl (C=O) groups excluding carboxylic acids is 1. The molecule has 0 aliphatic carbocycles. The van der Waals surface area contributed by atoms with Gasteiger partial charge < -0.3 is 0 Å². The summed E-state index contributed by atoms with van der Waals surface area (Å²) in [5.74, 6) is -0.124. The van der Waals surface area contributed by atoms with Gasteiger partial charge in [0.2, 0.25) is 5.91 Å². The van der Waals surface area contributed by atoms with Gasteiger partial charge in [-0.15, -0.1) is 0 Å². The quantitative estimate of drug-likeness (QED) is 0.357. The van der Waals surface area contributed by atoms with Gasteiger partial charge in [-0.25, -0.2) is 5.43 Å². The first-order chi connectivity index (χ1) is 14.2. The Morgan fingerprint density at radius 2 is 1.41 bits per heavy atom. The van der Waals surface area contributed by atoms with Crippen LogP contribution in [0.4, 0.5) is 0 Å². The second-order valence-electron chi connectivity index (χ2n) is 6.99. The van der Waals surface area contributed by atoms with Gasteiger partial charge in [-0.05, 0) is 39.9 Å². The van der Waals surface area contributed by atoms with Crippen LogP contribution in [-0.2, 0) is 11.2 Å². The van der Waals surface area contributed by atoms with Crippen LogP contribution in [0, 0.1) is 0 Å². The van der Waals surface area contributed by atoms with E-state index >= 15 is 0 Å². The van der Waals surface area contributed by atoms with Crippen molar-refractivity contribution in [3.05, 3.63) is 108 Å². The summed E-state index contributed by atoms with van der Waals surface area (Å²) in [4.78, 5) is 12.4. The minimum absolute atomic E-state index is 0.124. The minimum atomic E-state index is -0.124. The lowest BCUT2D eigenvalue weighted by atomic mass is 10.0. The molecule has 4 aromatic carbocycles. The van der Waals surface area contributed by atoms with E-state index in [0.717, 1.165) is 33.2 Å². The lowest BCUT2D eigenvalue weighted by Crippen LogP contribution is -2.21. The molecule has 0 heterocycles. The number of hydrogen-bond donors (Lipinski definition) is 1. The predicted octanol–water partition coefficient (Wildman–Crippen LogP) is 5.59. The molecule has 0 aliphatic heterocycles. The second kappa shape index (κ2) is 8.53. The van der Waals surface area contributed by atoms with Crippen LogP contribution < -0.4 is 5.43 Å². The number of carbonyl (C=O) groups is 1. The predicted molar refractivity (Wildman–Crippen MR) is 120 cm³/mol. The summed E-state index contributed by atoms with van der Waals surface area (Å²) < 4.78 is 0. The molecule has 0 atom stereocenters. The highest BCUT2D eigenvalue weighted by Gasteiger charge is 2.07. The highest BCUT2D eigenvalue weighted by molar-refractivity contribution is 5.99. The average molecular weight is 378 g/mol. The molecular formula is C26H22N2O. The van der Waals surface area contributed by atoms with Crippen molar-refractivity contribution in [1.29, 1.82) is 0 Å². The van der Waals surface area contributed by atoms with Crippen molar-refractivity contribution in [2.75, 3.05) is 0 Å². The molecular weight excluding hydrogens is 356 g/mol. The van der Waals surface area contributed by atoms with Gasteiger partial charge in [0.25, 0.3) is 0 Å². The maximum atomic E-state index is 12.4. The minimum Gasteiger partial charge on any atom is -0.273 e. The van der Waals surface area contributed by atoms with Gasteiger partial charge in [0, 0.05) is 0 Å². The largest absolute Gasteiger partial charge is 0.273 e. The summed E-state index contributed by atoms with van der Waals surface area (Å²) in [6.45, 7) is 1.90. The van der Waals surface area contributed by atoms with Gasteiger partial charge >= 0.3 is 0 Å². The summed E-state index contributed by atoms with van der Waals surface area (Å²) in [6.07, 6.45) is 0.297. The van der Waals surface area contributed by atoms with E-state index in [4.69, 9.17) is 0 Å². The van der Waals surface area contributed by atoms with Gasteiger partial charge in [0.05, 0.1) is 12.1 Å². The van der Waals surface area contributed by atoms with Crippen molar-refractivity contribution in [3.8, 4) is 11.1 Å². The third kappa shape index (κ3) is 4.41. The number of nitrogens with zero attached hydrogens (tertiary/aromatic N) is 1. The van der Waals surface area contributed by atoms with Crippen LogP contribution in [0.2, 0.25) is 0 Å². The van der Waals surface area contributed by atoms with Crippen LogP contribution in [-0.4, -0.2) is 11.6 Å². The van der Waals surface area contributed by atoms with E-state index in [1.165, 1.54) is 5.56 Å². The molecule has 29 heavy (non-hydrogen) atoms. The maximum absolute atomic E-state index is 12.4. The summed E-state index contributed by atoms with van der Waals surface area (Å²) in [6, 6.07) is 32.5. The molecule has 0 spiro atoms. The fourth-order valence-corrected chi connectivity index (χ4v) is 3.40. The fourth-order valence-electron chi connectivity index (χ4n) is 3.40. The number of fused-ring (bicyclic) bond motifs is 1. The summed E-state index contributed by atoms with van der Waals surface area (Å²) in [5.41, 5.74) is 7.78. The van der Waals surface area contributed by atoms with E-state index in [2.05, 4.69) is 46.9 Å². The monoisotopic (exact) mass is 378 g/mol. The van der Waals surface area contributed by atoms with Crippen molar-refractivity contribution in [3.63, 3.8) is 0 Å². The molecule has 0 saturated heterocycles. The van der Waals surface area contributed by atoms with E-state index in [1.54, 1.807) is 0 Å². The van der Waals surface area contributed by atoms with Gasteiger partial charge in [0.1, 0.15) is 0 Å². The smallest absolute Gasteiger partial charge is 0.244 e. The highest BCUT2D eigenvalue weighted by atomic mass is 16.2. The van der Waals surface area contributed by atoms with E-state index in [-0.39, 0.29) is 5.91 Å². The SMILES string of the molecule is CC(=NNC(=O)Cc1cccc2ccccc12)c1ccc(-c2ccccc2)cc1. The van der Waals surface area contributed by atoms with Gasteiger partial charge in [-0.2, -0.15) is 5.10 Å². The third-order valence-electron chi connectivity index (χ3n) is 4.99. The van der Waals surface area contributed by atoms with Crippen molar-refractivity contribution in [2.24, 2.45) is 5.10 Å². The van der Waals surface area contributed by atoms with E-state index in [9.17, 15) is 4.79 Å². The maximum Gasteiger partial charge on any atom is 0.244 e. The molecule has 0 aromatic heterocycles.